The average Bonchev–Trinajstić information content (AvgIpc) is 3.31. The zero-order valence-electron chi connectivity index (χ0n) is 18.8. The molecule has 2 aliphatic rings. The van der Waals surface area contributed by atoms with Gasteiger partial charge in [0, 0.05) is 23.4 Å². The van der Waals surface area contributed by atoms with Gasteiger partial charge in [0.05, 0.1) is 25.8 Å². The van der Waals surface area contributed by atoms with Crippen LogP contribution in [-0.2, 0) is 15.1 Å². The number of hydrogen-bond donors (Lipinski definition) is 3. The van der Waals surface area contributed by atoms with E-state index in [1.54, 1.807) is 44.2 Å². The second-order valence-corrected chi connectivity index (χ2v) is 9.26. The number of fused-ring (bicyclic) bond motifs is 2. The van der Waals surface area contributed by atoms with Crippen molar-refractivity contribution >= 4 is 35.0 Å². The van der Waals surface area contributed by atoms with Gasteiger partial charge in [-0.05, 0) is 50.0 Å². The molecule has 0 radical (unpaired) electrons. The zero-order chi connectivity index (χ0) is 22.9. The lowest BCUT2D eigenvalue weighted by molar-refractivity contribution is -0.130. The third-order valence-corrected chi connectivity index (χ3v) is 6.98. The largest absolute Gasteiger partial charge is 0.497 e. The fourth-order valence-corrected chi connectivity index (χ4v) is 5.27. The van der Waals surface area contributed by atoms with Gasteiger partial charge in [-0.15, -0.1) is 0 Å². The topological polar surface area (TPSA) is 88.7 Å². The van der Waals surface area contributed by atoms with Crippen molar-refractivity contribution in [1.29, 1.82) is 0 Å². The molecule has 170 valence electrons. The van der Waals surface area contributed by atoms with E-state index in [2.05, 4.69) is 22.2 Å². The summed E-state index contributed by atoms with van der Waals surface area (Å²) in [5.41, 5.74) is 2.06. The number of nitrogens with one attached hydrogen (secondary N) is 3. The molecule has 1 saturated heterocycles. The maximum Gasteiger partial charge on any atom is 0.250 e. The molecule has 0 aliphatic carbocycles. The fraction of sp³-hybridized carbons (Fsp3) is 0.417. The molecule has 0 saturated carbocycles. The van der Waals surface area contributed by atoms with Gasteiger partial charge >= 0.3 is 0 Å². The van der Waals surface area contributed by atoms with E-state index in [-0.39, 0.29) is 17.9 Å². The summed E-state index contributed by atoms with van der Waals surface area (Å²) in [6.45, 7) is 1.99. The molecule has 32 heavy (non-hydrogen) atoms. The van der Waals surface area contributed by atoms with Crippen LogP contribution in [0, 0.1) is 12.8 Å². The van der Waals surface area contributed by atoms with Crippen molar-refractivity contribution in [3.63, 3.8) is 0 Å². The molecule has 0 bridgehead atoms. The molecule has 7 nitrogen and oxygen atoms in total. The number of carbonyl (C=O) groups is 2. The molecule has 2 aliphatic heterocycles. The third-order valence-electron chi connectivity index (χ3n) is 6.33. The molecule has 0 unspecified atom stereocenters. The van der Waals surface area contributed by atoms with E-state index in [4.69, 9.17) is 9.47 Å². The number of aryl methyl sites for hydroxylation is 1. The van der Waals surface area contributed by atoms with Crippen LogP contribution in [0.4, 0.5) is 11.4 Å². The van der Waals surface area contributed by atoms with Gasteiger partial charge in [0.25, 0.3) is 0 Å². The van der Waals surface area contributed by atoms with Gasteiger partial charge in [-0.1, -0.05) is 17.7 Å². The predicted molar refractivity (Wildman–Crippen MR) is 128 cm³/mol. The van der Waals surface area contributed by atoms with E-state index in [9.17, 15) is 9.59 Å². The Hall–Kier alpha value is -2.71. The highest BCUT2D eigenvalue weighted by molar-refractivity contribution is 7.98. The number of amides is 2. The molecule has 3 N–H and O–H groups in total. The Morgan fingerprint density at radius 3 is 2.75 bits per heavy atom. The fourth-order valence-electron chi connectivity index (χ4n) is 4.75. The van der Waals surface area contributed by atoms with Gasteiger partial charge in [-0.3, -0.25) is 14.9 Å². The second-order valence-electron chi connectivity index (χ2n) is 8.28. The molecule has 4 rings (SSSR count). The standard InChI is InChI=1S/C24H29N3O4S/c1-14-5-7-19-17(11-14)24(23(29)26-19)18(12-15(27-24)9-10-32-4)22(28)25-20-13-16(30-2)6-8-21(20)31-3/h5-8,11,13,15,18,27H,9-10,12H2,1-4H3,(H,25,28)(H,26,29)/t15-,18-,24+/m0/s1. The van der Waals surface area contributed by atoms with Gasteiger partial charge in [0.15, 0.2) is 0 Å². The molecule has 2 amide bonds. The van der Waals surface area contributed by atoms with Crippen LogP contribution in [0.3, 0.4) is 0 Å². The number of hydrogen-bond acceptors (Lipinski definition) is 6. The van der Waals surface area contributed by atoms with Crippen LogP contribution in [0.5, 0.6) is 11.5 Å². The Bertz CT molecular complexity index is 1040. The van der Waals surface area contributed by atoms with Crippen LogP contribution in [0.25, 0.3) is 0 Å². The van der Waals surface area contributed by atoms with Gasteiger partial charge in [-0.2, -0.15) is 11.8 Å². The van der Waals surface area contributed by atoms with Crippen molar-refractivity contribution in [3.05, 3.63) is 47.5 Å². The highest BCUT2D eigenvalue weighted by Gasteiger charge is 2.60. The Morgan fingerprint density at radius 2 is 2.03 bits per heavy atom. The number of benzene rings is 2. The maximum atomic E-state index is 13.7. The SMILES string of the molecule is COc1ccc(OC)c(NC(=O)[C@@H]2C[C@H](CCSC)N[C@@]23C(=O)Nc2ccc(C)cc23)c1. The lowest BCUT2D eigenvalue weighted by Crippen LogP contribution is -2.52. The predicted octanol–water partition coefficient (Wildman–Crippen LogP) is 3.53. The quantitative estimate of drug-likeness (QED) is 0.592. The summed E-state index contributed by atoms with van der Waals surface area (Å²) >= 11 is 1.76. The first-order valence-electron chi connectivity index (χ1n) is 10.6. The van der Waals surface area contributed by atoms with Crippen molar-refractivity contribution < 1.29 is 19.1 Å². The lowest BCUT2D eigenvalue weighted by Gasteiger charge is -2.29. The van der Waals surface area contributed by atoms with E-state index >= 15 is 0 Å². The molecule has 2 aromatic rings. The number of methoxy groups -OCH3 is 2. The van der Waals surface area contributed by atoms with Gasteiger partial charge in [0.1, 0.15) is 17.0 Å². The minimum atomic E-state index is -1.10. The van der Waals surface area contributed by atoms with Gasteiger partial charge in [-0.25, -0.2) is 0 Å². The Labute approximate surface area is 192 Å². The summed E-state index contributed by atoms with van der Waals surface area (Å²) in [5.74, 6) is 1.12. The molecule has 2 heterocycles. The van der Waals surface area contributed by atoms with Crippen LogP contribution in [0.1, 0.15) is 24.0 Å². The molecule has 2 aromatic carbocycles. The maximum absolute atomic E-state index is 13.7. The number of anilines is 2. The molecule has 1 spiro atoms. The van der Waals surface area contributed by atoms with Crippen LogP contribution in [0.2, 0.25) is 0 Å². The lowest BCUT2D eigenvalue weighted by atomic mass is 9.79. The third kappa shape index (κ3) is 3.82. The molecular formula is C24H29N3O4S. The highest BCUT2D eigenvalue weighted by atomic mass is 32.2. The van der Waals surface area contributed by atoms with Crippen LogP contribution >= 0.6 is 11.8 Å². The van der Waals surface area contributed by atoms with Crippen molar-refractivity contribution in [3.8, 4) is 11.5 Å². The van der Waals surface area contributed by atoms with Crippen LogP contribution in [0.15, 0.2) is 36.4 Å². The first-order valence-corrected chi connectivity index (χ1v) is 12.0. The van der Waals surface area contributed by atoms with Gasteiger partial charge < -0.3 is 20.1 Å². The Kier molecular flexibility index (Phi) is 6.35. The van der Waals surface area contributed by atoms with Crippen molar-refractivity contribution in [2.75, 3.05) is 36.9 Å². The van der Waals surface area contributed by atoms with E-state index in [1.807, 2.05) is 25.1 Å². The molecule has 1 fully saturated rings. The number of carbonyl (C=O) groups excluding carboxylic acids is 2. The summed E-state index contributed by atoms with van der Waals surface area (Å²) in [5, 5.41) is 9.56. The second kappa shape index (κ2) is 9.03. The normalized spacial score (nSPS) is 23.7. The van der Waals surface area contributed by atoms with E-state index in [1.165, 1.54) is 0 Å². The van der Waals surface area contributed by atoms with E-state index in [0.717, 1.165) is 29.0 Å². The first kappa shape index (κ1) is 22.5. The zero-order valence-corrected chi connectivity index (χ0v) is 19.6. The number of ether oxygens (including phenoxy) is 2. The Balaban J connectivity index is 1.72. The number of thioether (sulfide) groups is 1. The summed E-state index contributed by atoms with van der Waals surface area (Å²) in [4.78, 5) is 27.0. The number of rotatable bonds is 7. The summed E-state index contributed by atoms with van der Waals surface area (Å²) < 4.78 is 10.7. The van der Waals surface area contributed by atoms with Crippen LogP contribution < -0.4 is 25.4 Å². The monoisotopic (exact) mass is 455 g/mol. The Morgan fingerprint density at radius 1 is 1.22 bits per heavy atom. The minimum absolute atomic E-state index is 0.0580. The summed E-state index contributed by atoms with van der Waals surface area (Å²) in [6, 6.07) is 11.2. The highest BCUT2D eigenvalue weighted by Crippen LogP contribution is 2.48. The molecule has 8 heteroatoms. The average molecular weight is 456 g/mol. The van der Waals surface area contributed by atoms with E-state index < -0.39 is 11.5 Å². The van der Waals surface area contributed by atoms with Crippen molar-refractivity contribution in [1.82, 2.24) is 5.32 Å². The van der Waals surface area contributed by atoms with Gasteiger partial charge in [0.2, 0.25) is 11.8 Å². The molecular weight excluding hydrogens is 426 g/mol. The molecule has 0 aromatic heterocycles. The smallest absolute Gasteiger partial charge is 0.250 e. The summed E-state index contributed by atoms with van der Waals surface area (Å²) in [7, 11) is 3.12. The van der Waals surface area contributed by atoms with E-state index in [0.29, 0.717) is 23.6 Å². The minimum Gasteiger partial charge on any atom is -0.497 e. The van der Waals surface area contributed by atoms with Crippen LogP contribution in [-0.4, -0.2) is 44.1 Å². The first-order chi connectivity index (χ1) is 15.4. The van der Waals surface area contributed by atoms with Crippen molar-refractivity contribution in [2.24, 2.45) is 5.92 Å². The molecule has 3 atom stereocenters. The van der Waals surface area contributed by atoms with Crippen molar-refractivity contribution in [2.45, 2.75) is 31.3 Å². The summed E-state index contributed by atoms with van der Waals surface area (Å²) in [6.07, 6.45) is 3.51.